The molecular formula is C22H25N3O3. The van der Waals surface area contributed by atoms with E-state index < -0.39 is 0 Å². The fraction of sp³-hybridized carbons (Fsp3) is 0.273. The molecule has 0 aliphatic carbocycles. The van der Waals surface area contributed by atoms with Crippen LogP contribution in [0.2, 0.25) is 0 Å². The van der Waals surface area contributed by atoms with Crippen molar-refractivity contribution >= 4 is 5.91 Å². The third kappa shape index (κ3) is 3.86. The molecule has 6 heteroatoms. The number of benzene rings is 2. The van der Waals surface area contributed by atoms with Gasteiger partial charge in [-0.2, -0.15) is 5.10 Å². The quantitative estimate of drug-likeness (QED) is 0.654. The molecule has 0 aliphatic rings. The predicted molar refractivity (Wildman–Crippen MR) is 108 cm³/mol. The number of nitrogens with zero attached hydrogens (tertiary/aromatic N) is 3. The molecule has 3 rings (SSSR count). The average Bonchev–Trinajstić information content (AvgIpc) is 3.09. The molecule has 28 heavy (non-hydrogen) atoms. The zero-order chi connectivity index (χ0) is 20.3. The second-order valence-corrected chi connectivity index (χ2v) is 6.73. The first-order chi connectivity index (χ1) is 13.4. The topological polar surface area (TPSA) is 56.6 Å². The number of carbonyl (C=O) groups excluding carboxylic acids is 1. The molecule has 0 spiro atoms. The van der Waals surface area contributed by atoms with E-state index in [9.17, 15) is 4.79 Å². The number of aryl methyl sites for hydroxylation is 1. The molecule has 1 aromatic heterocycles. The molecular weight excluding hydrogens is 354 g/mol. The van der Waals surface area contributed by atoms with Crippen LogP contribution in [-0.4, -0.2) is 41.9 Å². The van der Waals surface area contributed by atoms with Crippen LogP contribution in [0.25, 0.3) is 5.69 Å². The van der Waals surface area contributed by atoms with E-state index in [1.807, 2.05) is 56.3 Å². The Bertz CT molecular complexity index is 977. The van der Waals surface area contributed by atoms with Crippen molar-refractivity contribution in [1.82, 2.24) is 14.7 Å². The van der Waals surface area contributed by atoms with Gasteiger partial charge in [0.15, 0.2) is 0 Å². The van der Waals surface area contributed by atoms with Crippen molar-refractivity contribution in [2.24, 2.45) is 0 Å². The molecule has 0 aliphatic heterocycles. The first-order valence-electron chi connectivity index (χ1n) is 9.02. The van der Waals surface area contributed by atoms with Crippen LogP contribution in [0, 0.1) is 13.8 Å². The van der Waals surface area contributed by atoms with Crippen LogP contribution < -0.4 is 9.47 Å². The minimum absolute atomic E-state index is 0.0891. The van der Waals surface area contributed by atoms with Gasteiger partial charge < -0.3 is 14.4 Å². The van der Waals surface area contributed by atoms with Crippen LogP contribution in [0.1, 0.15) is 27.2 Å². The lowest BCUT2D eigenvalue weighted by atomic mass is 10.1. The molecule has 0 saturated carbocycles. The Labute approximate surface area is 165 Å². The lowest BCUT2D eigenvalue weighted by Gasteiger charge is -2.19. The summed E-state index contributed by atoms with van der Waals surface area (Å²) in [4.78, 5) is 14.7. The van der Waals surface area contributed by atoms with Gasteiger partial charge in [-0.05, 0) is 38.1 Å². The molecule has 146 valence electrons. The number of aromatic nitrogens is 2. The Morgan fingerprint density at radius 3 is 2.43 bits per heavy atom. The molecule has 1 heterocycles. The molecule has 0 unspecified atom stereocenters. The Balaban J connectivity index is 1.82. The number of methoxy groups -OCH3 is 2. The normalized spacial score (nSPS) is 10.6. The molecule has 3 aromatic rings. The zero-order valence-electron chi connectivity index (χ0n) is 16.9. The van der Waals surface area contributed by atoms with Gasteiger partial charge in [-0.3, -0.25) is 4.79 Å². The fourth-order valence-electron chi connectivity index (χ4n) is 3.08. The van der Waals surface area contributed by atoms with Crippen molar-refractivity contribution in [3.8, 4) is 17.2 Å². The number of carbonyl (C=O) groups is 1. The minimum Gasteiger partial charge on any atom is -0.497 e. The highest BCUT2D eigenvalue weighted by Gasteiger charge is 2.20. The maximum atomic E-state index is 13.0. The Kier molecular flexibility index (Phi) is 5.68. The molecule has 0 fully saturated rings. The van der Waals surface area contributed by atoms with E-state index in [4.69, 9.17) is 9.47 Å². The summed E-state index contributed by atoms with van der Waals surface area (Å²) in [7, 11) is 4.99. The van der Waals surface area contributed by atoms with E-state index >= 15 is 0 Å². The van der Waals surface area contributed by atoms with Crippen molar-refractivity contribution in [3.63, 3.8) is 0 Å². The first-order valence-corrected chi connectivity index (χ1v) is 9.02. The summed E-state index contributed by atoms with van der Waals surface area (Å²) in [6.07, 6.45) is 1.62. The number of hydrogen-bond acceptors (Lipinski definition) is 4. The lowest BCUT2D eigenvalue weighted by Crippen LogP contribution is -2.26. The highest BCUT2D eigenvalue weighted by atomic mass is 16.5. The van der Waals surface area contributed by atoms with E-state index in [1.54, 1.807) is 37.0 Å². The van der Waals surface area contributed by atoms with Gasteiger partial charge in [-0.1, -0.05) is 17.7 Å². The van der Waals surface area contributed by atoms with Crippen molar-refractivity contribution in [2.75, 3.05) is 21.3 Å². The summed E-state index contributed by atoms with van der Waals surface area (Å²) < 4.78 is 12.5. The van der Waals surface area contributed by atoms with Crippen molar-refractivity contribution in [3.05, 3.63) is 71.0 Å². The summed E-state index contributed by atoms with van der Waals surface area (Å²) >= 11 is 0. The van der Waals surface area contributed by atoms with Gasteiger partial charge in [-0.15, -0.1) is 0 Å². The second-order valence-electron chi connectivity index (χ2n) is 6.73. The Hall–Kier alpha value is -3.28. The molecule has 1 amide bonds. The zero-order valence-corrected chi connectivity index (χ0v) is 16.9. The fourth-order valence-corrected chi connectivity index (χ4v) is 3.08. The Morgan fingerprint density at radius 2 is 1.79 bits per heavy atom. The van der Waals surface area contributed by atoms with Crippen molar-refractivity contribution < 1.29 is 14.3 Å². The molecule has 0 saturated heterocycles. The van der Waals surface area contributed by atoms with E-state index in [0.717, 1.165) is 16.9 Å². The standard InChI is InChI=1S/C22H25N3O3/c1-15-6-9-18(10-7-15)25-16(2)20(13-23-25)22(26)24(3)14-17-8-11-19(27-4)12-21(17)28-5/h6-13H,14H2,1-5H3. The maximum absolute atomic E-state index is 13.0. The molecule has 0 radical (unpaired) electrons. The van der Waals surface area contributed by atoms with Gasteiger partial charge in [-0.25, -0.2) is 4.68 Å². The lowest BCUT2D eigenvalue weighted by molar-refractivity contribution is 0.0783. The predicted octanol–water partition coefficient (Wildman–Crippen LogP) is 3.78. The van der Waals surface area contributed by atoms with Crippen molar-refractivity contribution in [2.45, 2.75) is 20.4 Å². The van der Waals surface area contributed by atoms with Crippen molar-refractivity contribution in [1.29, 1.82) is 0 Å². The van der Waals surface area contributed by atoms with Crippen LogP contribution in [0.5, 0.6) is 11.5 Å². The Morgan fingerprint density at radius 1 is 1.07 bits per heavy atom. The van der Waals surface area contributed by atoms with E-state index in [1.165, 1.54) is 5.56 Å². The van der Waals surface area contributed by atoms with Gasteiger partial charge in [0, 0.05) is 25.2 Å². The summed E-state index contributed by atoms with van der Waals surface area (Å²) in [6, 6.07) is 13.6. The van der Waals surface area contributed by atoms with Crippen LogP contribution in [-0.2, 0) is 6.54 Å². The summed E-state index contributed by atoms with van der Waals surface area (Å²) in [5.41, 5.74) is 4.40. The number of rotatable bonds is 6. The summed E-state index contributed by atoms with van der Waals surface area (Å²) in [5, 5.41) is 4.41. The largest absolute Gasteiger partial charge is 0.497 e. The SMILES string of the molecule is COc1ccc(CN(C)C(=O)c2cnn(-c3ccc(C)cc3)c2C)c(OC)c1. The number of hydrogen-bond donors (Lipinski definition) is 0. The van der Waals surface area contributed by atoms with E-state index in [-0.39, 0.29) is 5.91 Å². The molecule has 0 atom stereocenters. The molecule has 6 nitrogen and oxygen atoms in total. The van der Waals surface area contributed by atoms with Gasteiger partial charge in [0.05, 0.1) is 37.4 Å². The third-order valence-electron chi connectivity index (χ3n) is 4.77. The van der Waals surface area contributed by atoms with Crippen LogP contribution in [0.15, 0.2) is 48.7 Å². The van der Waals surface area contributed by atoms with Gasteiger partial charge >= 0.3 is 0 Å². The summed E-state index contributed by atoms with van der Waals surface area (Å²) in [5.74, 6) is 1.31. The molecule has 2 aromatic carbocycles. The smallest absolute Gasteiger partial charge is 0.257 e. The van der Waals surface area contributed by atoms with Crippen LogP contribution in [0.3, 0.4) is 0 Å². The summed E-state index contributed by atoms with van der Waals surface area (Å²) in [6.45, 7) is 4.36. The van der Waals surface area contributed by atoms with Crippen LogP contribution >= 0.6 is 0 Å². The van der Waals surface area contributed by atoms with Gasteiger partial charge in [0.25, 0.3) is 5.91 Å². The maximum Gasteiger partial charge on any atom is 0.257 e. The van der Waals surface area contributed by atoms with Gasteiger partial charge in [0.1, 0.15) is 11.5 Å². The minimum atomic E-state index is -0.0891. The number of ether oxygens (including phenoxy) is 2. The van der Waals surface area contributed by atoms with Crippen LogP contribution in [0.4, 0.5) is 0 Å². The highest BCUT2D eigenvalue weighted by molar-refractivity contribution is 5.95. The van der Waals surface area contributed by atoms with Gasteiger partial charge in [0.2, 0.25) is 0 Å². The third-order valence-corrected chi connectivity index (χ3v) is 4.77. The monoisotopic (exact) mass is 379 g/mol. The first kappa shape index (κ1) is 19.5. The molecule has 0 bridgehead atoms. The second kappa shape index (κ2) is 8.17. The highest BCUT2D eigenvalue weighted by Crippen LogP contribution is 2.26. The number of amides is 1. The molecule has 0 N–H and O–H groups in total. The van der Waals surface area contributed by atoms with E-state index in [2.05, 4.69) is 5.10 Å². The van der Waals surface area contributed by atoms with E-state index in [0.29, 0.717) is 23.6 Å². The average molecular weight is 379 g/mol.